The van der Waals surface area contributed by atoms with Gasteiger partial charge in [-0.2, -0.15) is 0 Å². The van der Waals surface area contributed by atoms with Crippen LogP contribution in [0.1, 0.15) is 15.9 Å². The number of carbonyl (C=O) groups is 1. The number of benzene rings is 3. The number of anilines is 1. The Balaban J connectivity index is 1.75. The second-order valence-corrected chi connectivity index (χ2v) is 8.45. The van der Waals surface area contributed by atoms with Crippen molar-refractivity contribution in [3.05, 3.63) is 94.0 Å². The highest BCUT2D eigenvalue weighted by atomic mass is 35.5. The van der Waals surface area contributed by atoms with Crippen molar-refractivity contribution in [1.82, 2.24) is 5.32 Å². The zero-order valence-electron chi connectivity index (χ0n) is 14.5. The summed E-state index contributed by atoms with van der Waals surface area (Å²) < 4.78 is 27.7. The van der Waals surface area contributed by atoms with E-state index in [1.165, 1.54) is 18.2 Å². The molecule has 0 atom stereocenters. The van der Waals surface area contributed by atoms with Crippen molar-refractivity contribution in [1.29, 1.82) is 0 Å². The molecule has 0 unspecified atom stereocenters. The van der Waals surface area contributed by atoms with Crippen LogP contribution in [0.2, 0.25) is 10.0 Å². The summed E-state index contributed by atoms with van der Waals surface area (Å²) in [5.41, 5.74) is 1.33. The van der Waals surface area contributed by atoms with Gasteiger partial charge in [-0.05, 0) is 48.0 Å². The standard InChI is InChI=1S/C20H16Cl2N2O3S/c21-16-7-3-5-14(11-16)13-23-20(25)15-6-4-8-17(12-15)28(26,27)24-19-10-2-1-9-18(19)22/h1-12,24H,13H2,(H,23,25). The molecular weight excluding hydrogens is 419 g/mol. The van der Waals surface area contributed by atoms with Crippen molar-refractivity contribution in [2.75, 3.05) is 4.72 Å². The molecule has 144 valence electrons. The van der Waals surface area contributed by atoms with Crippen LogP contribution in [0.4, 0.5) is 5.69 Å². The summed E-state index contributed by atoms with van der Waals surface area (Å²) in [5, 5.41) is 3.60. The Hall–Kier alpha value is -2.54. The highest BCUT2D eigenvalue weighted by Gasteiger charge is 2.17. The molecule has 3 aromatic rings. The number of hydrogen-bond acceptors (Lipinski definition) is 3. The Morgan fingerprint density at radius 2 is 1.64 bits per heavy atom. The largest absolute Gasteiger partial charge is 0.348 e. The van der Waals surface area contributed by atoms with Crippen molar-refractivity contribution in [3.63, 3.8) is 0 Å². The molecule has 0 radical (unpaired) electrons. The monoisotopic (exact) mass is 434 g/mol. The molecule has 0 spiro atoms. The summed E-state index contributed by atoms with van der Waals surface area (Å²) in [6.45, 7) is 0.272. The molecule has 2 N–H and O–H groups in total. The molecule has 0 heterocycles. The Morgan fingerprint density at radius 1 is 0.893 bits per heavy atom. The lowest BCUT2D eigenvalue weighted by atomic mass is 10.2. The van der Waals surface area contributed by atoms with E-state index in [2.05, 4.69) is 10.0 Å². The fraction of sp³-hybridized carbons (Fsp3) is 0.0500. The molecule has 0 saturated carbocycles. The number of amides is 1. The highest BCUT2D eigenvalue weighted by Crippen LogP contribution is 2.24. The second kappa shape index (κ2) is 8.65. The molecular formula is C20H16Cl2N2O3S. The number of rotatable bonds is 6. The van der Waals surface area contributed by atoms with Gasteiger partial charge in [0, 0.05) is 17.1 Å². The number of para-hydroxylation sites is 1. The van der Waals surface area contributed by atoms with E-state index in [-0.39, 0.29) is 27.7 Å². The van der Waals surface area contributed by atoms with Crippen molar-refractivity contribution < 1.29 is 13.2 Å². The summed E-state index contributed by atoms with van der Waals surface area (Å²) in [6.07, 6.45) is 0. The van der Waals surface area contributed by atoms with Gasteiger partial charge in [-0.15, -0.1) is 0 Å². The van der Waals surface area contributed by atoms with Gasteiger partial charge in [-0.25, -0.2) is 8.42 Å². The summed E-state index contributed by atoms with van der Waals surface area (Å²) in [6, 6.07) is 19.4. The summed E-state index contributed by atoms with van der Waals surface area (Å²) in [5.74, 6) is -0.394. The van der Waals surface area contributed by atoms with Crippen LogP contribution in [0.5, 0.6) is 0 Å². The molecule has 0 fully saturated rings. The molecule has 28 heavy (non-hydrogen) atoms. The molecule has 0 aliphatic carbocycles. The highest BCUT2D eigenvalue weighted by molar-refractivity contribution is 7.92. The topological polar surface area (TPSA) is 75.3 Å². The van der Waals surface area contributed by atoms with Crippen LogP contribution < -0.4 is 10.0 Å². The molecule has 0 bridgehead atoms. The first-order chi connectivity index (χ1) is 13.3. The van der Waals surface area contributed by atoms with Crippen LogP contribution in [0.15, 0.2) is 77.7 Å². The molecule has 0 aliphatic heterocycles. The van der Waals surface area contributed by atoms with E-state index in [4.69, 9.17) is 23.2 Å². The minimum absolute atomic E-state index is 0.0391. The lowest BCUT2D eigenvalue weighted by molar-refractivity contribution is 0.0950. The third kappa shape index (κ3) is 5.04. The fourth-order valence-corrected chi connectivity index (χ4v) is 4.06. The van der Waals surface area contributed by atoms with Gasteiger partial charge < -0.3 is 5.32 Å². The van der Waals surface area contributed by atoms with Crippen molar-refractivity contribution in [3.8, 4) is 0 Å². The smallest absolute Gasteiger partial charge is 0.261 e. The Kier molecular flexibility index (Phi) is 6.24. The minimum Gasteiger partial charge on any atom is -0.348 e. The number of hydrogen-bond donors (Lipinski definition) is 2. The maximum atomic E-state index is 12.6. The average molecular weight is 435 g/mol. The Labute approximate surface area is 173 Å². The predicted molar refractivity (Wildman–Crippen MR) is 111 cm³/mol. The maximum Gasteiger partial charge on any atom is 0.261 e. The number of nitrogens with one attached hydrogen (secondary N) is 2. The Morgan fingerprint density at radius 3 is 2.39 bits per heavy atom. The number of halogens is 2. The van der Waals surface area contributed by atoms with E-state index >= 15 is 0 Å². The lowest BCUT2D eigenvalue weighted by Crippen LogP contribution is -2.23. The average Bonchev–Trinajstić information content (AvgIpc) is 2.68. The SMILES string of the molecule is O=C(NCc1cccc(Cl)c1)c1cccc(S(=O)(=O)Nc2ccccc2Cl)c1. The molecule has 3 rings (SSSR count). The minimum atomic E-state index is -3.90. The van der Waals surface area contributed by atoms with Crippen LogP contribution in [-0.2, 0) is 16.6 Å². The molecule has 0 aliphatic rings. The van der Waals surface area contributed by atoms with Gasteiger partial charge in [-0.3, -0.25) is 9.52 Å². The van der Waals surface area contributed by atoms with Gasteiger partial charge in [0.25, 0.3) is 15.9 Å². The van der Waals surface area contributed by atoms with Crippen molar-refractivity contribution in [2.45, 2.75) is 11.4 Å². The van der Waals surface area contributed by atoms with E-state index in [9.17, 15) is 13.2 Å². The van der Waals surface area contributed by atoms with E-state index < -0.39 is 15.9 Å². The molecule has 3 aromatic carbocycles. The van der Waals surface area contributed by atoms with E-state index in [0.29, 0.717) is 5.02 Å². The van der Waals surface area contributed by atoms with Gasteiger partial charge >= 0.3 is 0 Å². The third-order valence-electron chi connectivity index (χ3n) is 3.87. The maximum absolute atomic E-state index is 12.6. The summed E-state index contributed by atoms with van der Waals surface area (Å²) in [4.78, 5) is 12.4. The van der Waals surface area contributed by atoms with Gasteiger partial charge in [0.1, 0.15) is 0 Å². The van der Waals surface area contributed by atoms with Gasteiger partial charge in [0.05, 0.1) is 15.6 Å². The van der Waals surface area contributed by atoms with Crippen LogP contribution >= 0.6 is 23.2 Å². The van der Waals surface area contributed by atoms with E-state index in [1.54, 1.807) is 48.5 Å². The van der Waals surface area contributed by atoms with E-state index in [1.807, 2.05) is 6.07 Å². The van der Waals surface area contributed by atoms with Crippen LogP contribution in [-0.4, -0.2) is 14.3 Å². The summed E-state index contributed by atoms with van der Waals surface area (Å²) in [7, 11) is -3.90. The first-order valence-electron chi connectivity index (χ1n) is 8.25. The summed E-state index contributed by atoms with van der Waals surface area (Å²) >= 11 is 11.9. The fourth-order valence-electron chi connectivity index (χ4n) is 2.48. The Bertz CT molecular complexity index is 1120. The molecule has 0 saturated heterocycles. The third-order valence-corrected chi connectivity index (χ3v) is 5.79. The zero-order chi connectivity index (χ0) is 20.1. The van der Waals surface area contributed by atoms with Gasteiger partial charge in [0.2, 0.25) is 0 Å². The normalized spacial score (nSPS) is 11.1. The van der Waals surface area contributed by atoms with Gasteiger partial charge in [0.15, 0.2) is 0 Å². The van der Waals surface area contributed by atoms with Crippen LogP contribution in [0.25, 0.3) is 0 Å². The quantitative estimate of drug-likeness (QED) is 0.588. The van der Waals surface area contributed by atoms with E-state index in [0.717, 1.165) is 5.56 Å². The second-order valence-electron chi connectivity index (χ2n) is 5.93. The van der Waals surface area contributed by atoms with Crippen LogP contribution in [0, 0.1) is 0 Å². The first-order valence-corrected chi connectivity index (χ1v) is 10.5. The van der Waals surface area contributed by atoms with Crippen LogP contribution in [0.3, 0.4) is 0 Å². The zero-order valence-corrected chi connectivity index (χ0v) is 16.9. The predicted octanol–water partition coefficient (Wildman–Crippen LogP) is 4.72. The molecule has 1 amide bonds. The molecule has 5 nitrogen and oxygen atoms in total. The number of carbonyl (C=O) groups excluding carboxylic acids is 1. The molecule has 8 heteroatoms. The van der Waals surface area contributed by atoms with Crippen molar-refractivity contribution in [2.24, 2.45) is 0 Å². The van der Waals surface area contributed by atoms with Gasteiger partial charge in [-0.1, -0.05) is 53.5 Å². The lowest BCUT2D eigenvalue weighted by Gasteiger charge is -2.11. The molecule has 0 aromatic heterocycles. The number of sulfonamides is 1. The van der Waals surface area contributed by atoms with Crippen molar-refractivity contribution >= 4 is 44.8 Å². The first kappa shape index (κ1) is 20.2.